The van der Waals surface area contributed by atoms with Crippen LogP contribution in [0.4, 0.5) is 32.0 Å². The number of ether oxygens (including phenoxy) is 2. The van der Waals surface area contributed by atoms with E-state index < -0.39 is 53.0 Å². The average molecular weight is 485 g/mol. The topological polar surface area (TPSA) is 104 Å². The second-order valence-electron chi connectivity index (χ2n) is 6.51. The minimum atomic E-state index is -4.93. The predicted octanol–water partition coefficient (Wildman–Crippen LogP) is 5.20. The second-order valence-corrected chi connectivity index (χ2v) is 6.51. The van der Waals surface area contributed by atoms with Crippen LogP contribution in [0.3, 0.4) is 0 Å². The summed E-state index contributed by atoms with van der Waals surface area (Å²) < 4.78 is 87.2. The molecular formula is C21H13F6N3O4. The van der Waals surface area contributed by atoms with Gasteiger partial charge in [0.1, 0.15) is 34.3 Å². The van der Waals surface area contributed by atoms with Crippen LogP contribution >= 0.6 is 0 Å². The third-order valence-corrected chi connectivity index (χ3v) is 4.15. The monoisotopic (exact) mass is 485 g/mol. The molecule has 0 saturated carbocycles. The number of hydrogen-bond acceptors (Lipinski definition) is 5. The van der Waals surface area contributed by atoms with Gasteiger partial charge in [-0.2, -0.15) is 0 Å². The van der Waals surface area contributed by atoms with E-state index >= 15 is 0 Å². The van der Waals surface area contributed by atoms with E-state index in [0.29, 0.717) is 6.07 Å². The summed E-state index contributed by atoms with van der Waals surface area (Å²) in [5.74, 6) is -4.93. The fraction of sp³-hybridized carbons (Fsp3) is 0.0952. The number of amides is 2. The largest absolute Gasteiger partial charge is 0.573 e. The third kappa shape index (κ3) is 5.94. The molecule has 0 aliphatic rings. The van der Waals surface area contributed by atoms with Gasteiger partial charge in [-0.15, -0.1) is 13.2 Å². The van der Waals surface area contributed by atoms with Gasteiger partial charge in [-0.05, 0) is 48.5 Å². The lowest BCUT2D eigenvalue weighted by Gasteiger charge is -2.15. The Morgan fingerprint density at radius 3 is 2.24 bits per heavy atom. The second kappa shape index (κ2) is 9.68. The number of nitrogens with zero attached hydrogens (tertiary/aromatic N) is 1. The summed E-state index contributed by atoms with van der Waals surface area (Å²) in [6, 6.07) is 7.77. The van der Waals surface area contributed by atoms with Crippen LogP contribution in [0.25, 0.3) is 0 Å². The molecule has 13 heteroatoms. The van der Waals surface area contributed by atoms with E-state index in [1.54, 1.807) is 0 Å². The number of rotatable bonds is 7. The highest BCUT2D eigenvalue weighted by Gasteiger charge is 2.31. The summed E-state index contributed by atoms with van der Waals surface area (Å²) in [6.07, 6.45) is -7.06. The molecule has 0 aliphatic carbocycles. The van der Waals surface area contributed by atoms with Gasteiger partial charge in [0.2, 0.25) is 0 Å². The van der Waals surface area contributed by atoms with Crippen LogP contribution in [-0.4, -0.2) is 23.2 Å². The highest BCUT2D eigenvalue weighted by atomic mass is 19.4. The smallest absolute Gasteiger partial charge is 0.456 e. The van der Waals surface area contributed by atoms with Crippen molar-refractivity contribution in [2.24, 2.45) is 5.73 Å². The van der Waals surface area contributed by atoms with Crippen molar-refractivity contribution in [2.75, 3.05) is 5.32 Å². The van der Waals surface area contributed by atoms with Crippen molar-refractivity contribution >= 4 is 17.5 Å². The molecule has 3 rings (SSSR count). The SMILES string of the molecule is NC(=O)c1cc(NC(=O)c2c(Oc3ccc(OC(F)(F)F)cc3)ccc(C(F)F)c2F)ccn1. The van der Waals surface area contributed by atoms with Crippen molar-refractivity contribution < 1.29 is 45.4 Å². The molecule has 3 aromatic rings. The maximum Gasteiger partial charge on any atom is 0.573 e. The van der Waals surface area contributed by atoms with E-state index in [1.807, 2.05) is 0 Å². The first kappa shape index (κ1) is 24.4. The van der Waals surface area contributed by atoms with E-state index in [9.17, 15) is 35.9 Å². The maximum atomic E-state index is 14.8. The molecule has 0 saturated heterocycles. The maximum absolute atomic E-state index is 14.8. The quantitative estimate of drug-likeness (QED) is 0.448. The zero-order chi connectivity index (χ0) is 25.0. The molecule has 0 atom stereocenters. The number of hydrogen-bond donors (Lipinski definition) is 2. The Morgan fingerprint density at radius 1 is 1.00 bits per heavy atom. The van der Waals surface area contributed by atoms with Crippen molar-refractivity contribution in [3.05, 3.63) is 77.4 Å². The predicted molar refractivity (Wildman–Crippen MR) is 105 cm³/mol. The lowest BCUT2D eigenvalue weighted by molar-refractivity contribution is -0.274. The van der Waals surface area contributed by atoms with Crippen molar-refractivity contribution in [3.63, 3.8) is 0 Å². The highest BCUT2D eigenvalue weighted by Crippen LogP contribution is 2.34. The molecule has 3 N–H and O–H groups in total. The first-order chi connectivity index (χ1) is 15.9. The van der Waals surface area contributed by atoms with Gasteiger partial charge in [0.25, 0.3) is 18.2 Å². The standard InChI is InChI=1S/C21H13F6N3O4/c22-17-13(18(23)24)5-6-15(33-11-1-3-12(4-2-11)34-21(25,26)27)16(17)20(32)30-10-7-8-29-14(9-10)19(28)31/h1-9,18H,(H2,28,31)(H,29,30,32). The van der Waals surface area contributed by atoms with Crippen LogP contribution in [0.2, 0.25) is 0 Å². The summed E-state index contributed by atoms with van der Waals surface area (Å²) >= 11 is 0. The van der Waals surface area contributed by atoms with Gasteiger partial charge in [-0.1, -0.05) is 0 Å². The summed E-state index contributed by atoms with van der Waals surface area (Å²) in [7, 11) is 0. The van der Waals surface area contributed by atoms with Gasteiger partial charge in [0.15, 0.2) is 0 Å². The summed E-state index contributed by atoms with van der Waals surface area (Å²) in [5.41, 5.74) is 2.84. The van der Waals surface area contributed by atoms with E-state index in [4.69, 9.17) is 10.5 Å². The lowest BCUT2D eigenvalue weighted by atomic mass is 10.1. The Balaban J connectivity index is 1.94. The molecule has 1 heterocycles. The number of alkyl halides is 5. The third-order valence-electron chi connectivity index (χ3n) is 4.15. The number of nitrogens with one attached hydrogen (secondary N) is 1. The van der Waals surface area contributed by atoms with Gasteiger partial charge in [-0.3, -0.25) is 14.6 Å². The molecule has 0 aliphatic heterocycles. The molecule has 0 radical (unpaired) electrons. The van der Waals surface area contributed by atoms with Crippen molar-refractivity contribution in [2.45, 2.75) is 12.8 Å². The van der Waals surface area contributed by atoms with E-state index in [0.717, 1.165) is 42.6 Å². The van der Waals surface area contributed by atoms with Gasteiger partial charge in [0.05, 0.1) is 5.56 Å². The number of aromatic nitrogens is 1. The molecule has 2 amide bonds. The number of anilines is 1. The molecule has 0 bridgehead atoms. The number of carbonyl (C=O) groups is 2. The lowest BCUT2D eigenvalue weighted by Crippen LogP contribution is -2.18. The molecule has 178 valence electrons. The number of carbonyl (C=O) groups excluding carboxylic acids is 2. The molecule has 0 fully saturated rings. The molecule has 7 nitrogen and oxygen atoms in total. The van der Waals surface area contributed by atoms with Gasteiger partial charge >= 0.3 is 6.36 Å². The van der Waals surface area contributed by atoms with Gasteiger partial charge in [-0.25, -0.2) is 13.2 Å². The fourth-order valence-corrected chi connectivity index (χ4v) is 2.71. The van der Waals surface area contributed by atoms with Crippen LogP contribution in [0.5, 0.6) is 17.2 Å². The summed E-state index contributed by atoms with van der Waals surface area (Å²) in [6.45, 7) is 0. The molecule has 0 unspecified atom stereocenters. The van der Waals surface area contributed by atoms with Crippen LogP contribution in [-0.2, 0) is 0 Å². The van der Waals surface area contributed by atoms with Crippen LogP contribution in [0, 0.1) is 5.82 Å². The molecule has 0 spiro atoms. The average Bonchev–Trinajstić information content (AvgIpc) is 2.74. The van der Waals surface area contributed by atoms with Crippen molar-refractivity contribution in [1.82, 2.24) is 4.98 Å². The van der Waals surface area contributed by atoms with Gasteiger partial charge in [0, 0.05) is 11.9 Å². The first-order valence-electron chi connectivity index (χ1n) is 9.16. The first-order valence-corrected chi connectivity index (χ1v) is 9.16. The number of pyridine rings is 1. The molecular weight excluding hydrogens is 472 g/mol. The van der Waals surface area contributed by atoms with Crippen molar-refractivity contribution in [1.29, 1.82) is 0 Å². The van der Waals surface area contributed by atoms with Gasteiger partial charge < -0.3 is 20.5 Å². The molecule has 2 aromatic carbocycles. The Morgan fingerprint density at radius 2 is 1.65 bits per heavy atom. The zero-order valence-electron chi connectivity index (χ0n) is 16.7. The minimum Gasteiger partial charge on any atom is -0.456 e. The fourth-order valence-electron chi connectivity index (χ4n) is 2.71. The Labute approximate surface area is 187 Å². The Kier molecular flexibility index (Phi) is 6.94. The van der Waals surface area contributed by atoms with E-state index in [1.165, 1.54) is 6.07 Å². The van der Waals surface area contributed by atoms with Crippen LogP contribution < -0.4 is 20.5 Å². The summed E-state index contributed by atoms with van der Waals surface area (Å²) in [5, 5.41) is 2.22. The zero-order valence-corrected chi connectivity index (χ0v) is 16.7. The number of nitrogens with two attached hydrogens (primary N) is 1. The molecule has 34 heavy (non-hydrogen) atoms. The highest BCUT2D eigenvalue weighted by molar-refractivity contribution is 6.07. The minimum absolute atomic E-state index is 0.0461. The Hall–Kier alpha value is -4.29. The number of primary amides is 1. The Bertz CT molecular complexity index is 1220. The van der Waals surface area contributed by atoms with Crippen LogP contribution in [0.1, 0.15) is 32.8 Å². The normalized spacial score (nSPS) is 11.3. The van der Waals surface area contributed by atoms with Crippen molar-refractivity contribution in [3.8, 4) is 17.2 Å². The van der Waals surface area contributed by atoms with E-state index in [2.05, 4.69) is 15.0 Å². The number of benzene rings is 2. The summed E-state index contributed by atoms with van der Waals surface area (Å²) in [4.78, 5) is 27.7. The number of halogens is 6. The molecule has 1 aromatic heterocycles. The van der Waals surface area contributed by atoms with E-state index in [-0.39, 0.29) is 17.1 Å². The van der Waals surface area contributed by atoms with Crippen LogP contribution in [0.15, 0.2) is 54.7 Å².